The zero-order valence-corrected chi connectivity index (χ0v) is 13.2. The smallest absolute Gasteiger partial charge is 0.135 e. The molecule has 0 atom stereocenters. The van der Waals surface area contributed by atoms with Gasteiger partial charge < -0.3 is 15.4 Å². The number of nitrogens with zero attached hydrogens (tertiary/aromatic N) is 2. The van der Waals surface area contributed by atoms with Gasteiger partial charge in [0.1, 0.15) is 17.5 Å². The van der Waals surface area contributed by atoms with Crippen molar-refractivity contribution in [3.63, 3.8) is 0 Å². The molecule has 0 unspecified atom stereocenters. The van der Waals surface area contributed by atoms with Gasteiger partial charge >= 0.3 is 0 Å². The lowest BCUT2D eigenvalue weighted by atomic mass is 10.2. The van der Waals surface area contributed by atoms with Gasteiger partial charge in [0.25, 0.3) is 0 Å². The highest BCUT2D eigenvalue weighted by atomic mass is 16.5. The number of nitrogens with one attached hydrogen (secondary N) is 2. The van der Waals surface area contributed by atoms with Crippen LogP contribution in [0.5, 0.6) is 0 Å². The molecule has 2 N–H and O–H groups in total. The molecule has 20 heavy (non-hydrogen) atoms. The van der Waals surface area contributed by atoms with E-state index >= 15 is 0 Å². The fourth-order valence-electron chi connectivity index (χ4n) is 1.85. The predicted octanol–water partition coefficient (Wildman–Crippen LogP) is 3.26. The Kier molecular flexibility index (Phi) is 7.95. The molecule has 1 aromatic heterocycles. The molecule has 0 spiro atoms. The van der Waals surface area contributed by atoms with Crippen molar-refractivity contribution in [2.75, 3.05) is 37.4 Å². The Morgan fingerprint density at radius 2 is 1.80 bits per heavy atom. The lowest BCUT2D eigenvalue weighted by molar-refractivity contribution is 0.192. The van der Waals surface area contributed by atoms with E-state index in [1.807, 2.05) is 6.07 Å². The van der Waals surface area contributed by atoms with Crippen molar-refractivity contribution in [1.29, 1.82) is 0 Å². The van der Waals surface area contributed by atoms with E-state index in [1.54, 1.807) is 7.11 Å². The Labute approximate surface area is 122 Å². The molecule has 0 fully saturated rings. The van der Waals surface area contributed by atoms with Crippen LogP contribution >= 0.6 is 0 Å². The van der Waals surface area contributed by atoms with E-state index in [9.17, 15) is 0 Å². The van der Waals surface area contributed by atoms with Crippen LogP contribution in [0.15, 0.2) is 6.07 Å². The van der Waals surface area contributed by atoms with Crippen molar-refractivity contribution < 1.29 is 4.74 Å². The number of ether oxygens (including phenoxy) is 1. The van der Waals surface area contributed by atoms with E-state index in [0.29, 0.717) is 5.92 Å². The fraction of sp³-hybridized carbons (Fsp3) is 0.733. The molecule has 5 heteroatoms. The Hall–Kier alpha value is -1.36. The number of unbranched alkanes of at least 4 members (excludes halogenated alkanes) is 2. The zero-order chi connectivity index (χ0) is 14.8. The van der Waals surface area contributed by atoms with Gasteiger partial charge in [-0.25, -0.2) is 9.97 Å². The number of anilines is 2. The third-order valence-electron chi connectivity index (χ3n) is 2.95. The van der Waals surface area contributed by atoms with Crippen molar-refractivity contribution >= 4 is 11.6 Å². The maximum absolute atomic E-state index is 5.04. The monoisotopic (exact) mass is 280 g/mol. The topological polar surface area (TPSA) is 59.1 Å². The summed E-state index contributed by atoms with van der Waals surface area (Å²) in [6.07, 6.45) is 3.41. The minimum absolute atomic E-state index is 0.329. The summed E-state index contributed by atoms with van der Waals surface area (Å²) >= 11 is 0. The molecule has 1 heterocycles. The fourth-order valence-corrected chi connectivity index (χ4v) is 1.85. The van der Waals surface area contributed by atoms with Crippen molar-refractivity contribution in [3.8, 4) is 0 Å². The molecule has 1 rings (SSSR count). The standard InChI is InChI=1S/C15H28N4O/c1-5-16-13-11-14(19-15(18-13)12(2)3)17-9-7-6-8-10-20-4/h11-12H,5-10H2,1-4H3,(H2,16,17,18,19). The minimum atomic E-state index is 0.329. The molecule has 0 aliphatic heterocycles. The first-order valence-corrected chi connectivity index (χ1v) is 7.53. The van der Waals surface area contributed by atoms with Crippen LogP contribution < -0.4 is 10.6 Å². The Bertz CT molecular complexity index is 382. The van der Waals surface area contributed by atoms with Crippen LogP contribution in [0.2, 0.25) is 0 Å². The minimum Gasteiger partial charge on any atom is -0.385 e. The highest BCUT2D eigenvalue weighted by molar-refractivity contribution is 5.47. The number of hydrogen-bond acceptors (Lipinski definition) is 5. The molecule has 114 valence electrons. The van der Waals surface area contributed by atoms with Gasteiger partial charge in [0.15, 0.2) is 0 Å². The van der Waals surface area contributed by atoms with E-state index in [2.05, 4.69) is 41.4 Å². The maximum Gasteiger partial charge on any atom is 0.135 e. The number of hydrogen-bond donors (Lipinski definition) is 2. The second-order valence-corrected chi connectivity index (χ2v) is 5.16. The summed E-state index contributed by atoms with van der Waals surface area (Å²) in [5.74, 6) is 3.01. The van der Waals surface area contributed by atoms with Gasteiger partial charge in [-0.05, 0) is 26.2 Å². The molecule has 0 bridgehead atoms. The first-order valence-electron chi connectivity index (χ1n) is 7.53. The van der Waals surface area contributed by atoms with E-state index in [4.69, 9.17) is 4.74 Å². The van der Waals surface area contributed by atoms with Gasteiger partial charge in [0, 0.05) is 38.8 Å². The van der Waals surface area contributed by atoms with Crippen LogP contribution in [-0.4, -0.2) is 36.8 Å². The Morgan fingerprint density at radius 1 is 1.10 bits per heavy atom. The molecule has 0 aromatic carbocycles. The second kappa shape index (κ2) is 9.53. The first kappa shape index (κ1) is 16.7. The molecule has 0 saturated carbocycles. The SMILES string of the molecule is CCNc1cc(NCCCCCOC)nc(C(C)C)n1. The van der Waals surface area contributed by atoms with Crippen LogP contribution in [0.4, 0.5) is 11.6 Å². The van der Waals surface area contributed by atoms with Crippen molar-refractivity contribution in [2.24, 2.45) is 0 Å². The molecular formula is C15H28N4O. The average Bonchev–Trinajstić information content (AvgIpc) is 2.43. The van der Waals surface area contributed by atoms with Crippen LogP contribution in [0, 0.1) is 0 Å². The summed E-state index contributed by atoms with van der Waals surface area (Å²) in [6.45, 7) is 8.93. The summed E-state index contributed by atoms with van der Waals surface area (Å²) in [5.41, 5.74) is 0. The van der Waals surface area contributed by atoms with Gasteiger partial charge in [0.2, 0.25) is 0 Å². The Morgan fingerprint density at radius 3 is 2.40 bits per heavy atom. The number of rotatable bonds is 10. The van der Waals surface area contributed by atoms with Crippen molar-refractivity contribution in [2.45, 2.75) is 46.0 Å². The van der Waals surface area contributed by atoms with Gasteiger partial charge in [0.05, 0.1) is 0 Å². The van der Waals surface area contributed by atoms with E-state index < -0.39 is 0 Å². The Balaban J connectivity index is 2.50. The highest BCUT2D eigenvalue weighted by Gasteiger charge is 2.07. The van der Waals surface area contributed by atoms with Gasteiger partial charge in [-0.2, -0.15) is 0 Å². The molecule has 0 aliphatic carbocycles. The van der Waals surface area contributed by atoms with Crippen molar-refractivity contribution in [3.05, 3.63) is 11.9 Å². The first-order chi connectivity index (χ1) is 9.67. The van der Waals surface area contributed by atoms with E-state index in [-0.39, 0.29) is 0 Å². The maximum atomic E-state index is 5.04. The summed E-state index contributed by atoms with van der Waals surface area (Å²) in [7, 11) is 1.74. The third-order valence-corrected chi connectivity index (χ3v) is 2.95. The lowest BCUT2D eigenvalue weighted by Crippen LogP contribution is -2.10. The summed E-state index contributed by atoms with van der Waals surface area (Å²) in [4.78, 5) is 9.07. The van der Waals surface area contributed by atoms with Gasteiger partial charge in [-0.3, -0.25) is 0 Å². The van der Waals surface area contributed by atoms with Crippen LogP contribution in [0.3, 0.4) is 0 Å². The summed E-state index contributed by atoms with van der Waals surface area (Å²) < 4.78 is 5.04. The van der Waals surface area contributed by atoms with Crippen LogP contribution in [-0.2, 0) is 4.74 Å². The number of methoxy groups -OCH3 is 1. The van der Waals surface area contributed by atoms with Crippen molar-refractivity contribution in [1.82, 2.24) is 9.97 Å². The molecule has 0 radical (unpaired) electrons. The van der Waals surface area contributed by atoms with E-state index in [0.717, 1.165) is 50.0 Å². The molecule has 0 saturated heterocycles. The average molecular weight is 280 g/mol. The molecule has 0 aliphatic rings. The highest BCUT2D eigenvalue weighted by Crippen LogP contribution is 2.17. The normalized spacial score (nSPS) is 10.8. The largest absolute Gasteiger partial charge is 0.385 e. The van der Waals surface area contributed by atoms with Gasteiger partial charge in [-0.15, -0.1) is 0 Å². The zero-order valence-electron chi connectivity index (χ0n) is 13.2. The van der Waals surface area contributed by atoms with Gasteiger partial charge in [-0.1, -0.05) is 13.8 Å². The lowest BCUT2D eigenvalue weighted by Gasteiger charge is -2.12. The molecule has 1 aromatic rings. The molecule has 0 amide bonds. The van der Waals surface area contributed by atoms with Crippen LogP contribution in [0.1, 0.15) is 51.8 Å². The summed E-state index contributed by atoms with van der Waals surface area (Å²) in [6, 6.07) is 1.98. The second-order valence-electron chi connectivity index (χ2n) is 5.16. The van der Waals surface area contributed by atoms with Crippen LogP contribution in [0.25, 0.3) is 0 Å². The predicted molar refractivity (Wildman–Crippen MR) is 84.5 cm³/mol. The number of aromatic nitrogens is 2. The molecule has 5 nitrogen and oxygen atoms in total. The third kappa shape index (κ3) is 6.19. The van der Waals surface area contributed by atoms with E-state index in [1.165, 1.54) is 6.42 Å². The molecular weight excluding hydrogens is 252 g/mol. The quantitative estimate of drug-likeness (QED) is 0.644. The summed E-state index contributed by atoms with van der Waals surface area (Å²) in [5, 5.41) is 6.64.